The fourth-order valence-corrected chi connectivity index (χ4v) is 3.79. The van der Waals surface area contributed by atoms with Crippen molar-refractivity contribution >= 4 is 0 Å². The molecule has 2 atom stereocenters. The Balaban J connectivity index is 1.92. The van der Waals surface area contributed by atoms with Gasteiger partial charge in [0.1, 0.15) is 12.0 Å². The first-order valence-electron chi connectivity index (χ1n) is 9.61. The Labute approximate surface area is 162 Å². The average Bonchev–Trinajstić information content (AvgIpc) is 2.67. The van der Waals surface area contributed by atoms with Crippen molar-refractivity contribution in [2.75, 3.05) is 13.2 Å². The number of hydrogen-bond acceptors (Lipinski definition) is 3. The summed E-state index contributed by atoms with van der Waals surface area (Å²) < 4.78 is 35.7. The lowest BCUT2D eigenvalue weighted by Gasteiger charge is -2.25. The summed E-state index contributed by atoms with van der Waals surface area (Å²) in [5, 5.41) is 0. The molecule has 1 fully saturated rings. The molecular formula is C21H26F2N2O3. The summed E-state index contributed by atoms with van der Waals surface area (Å²) >= 11 is 0. The number of H-pyrrole nitrogens is 1. The molecule has 0 saturated carbocycles. The molecule has 152 valence electrons. The number of hydrogen-bond donors (Lipinski definition) is 1. The standard InChI is InChI=1S/C21H26F2N2O3/c1-12-4-5-18(22)16(10-12)13(2)19(23)11-17-14(3)24-21(27)25(20(17)26)15-6-8-28-9-7-15/h4-5,10,13,15,19H,6-9,11H2,1-3H3,(H,24,27)/t13-,19+/m1/s1. The minimum atomic E-state index is -1.46. The largest absolute Gasteiger partial charge is 0.381 e. The highest BCUT2D eigenvalue weighted by Crippen LogP contribution is 2.27. The zero-order chi connectivity index (χ0) is 20.4. The predicted octanol–water partition coefficient (Wildman–Crippen LogP) is 3.33. The molecule has 0 aliphatic carbocycles. The maximum Gasteiger partial charge on any atom is 0.328 e. The highest BCUT2D eigenvalue weighted by molar-refractivity contribution is 5.28. The molecule has 1 aromatic carbocycles. The molecule has 1 N–H and O–H groups in total. The van der Waals surface area contributed by atoms with E-state index in [9.17, 15) is 14.0 Å². The van der Waals surface area contributed by atoms with Crippen molar-refractivity contribution in [2.45, 2.75) is 58.2 Å². The monoisotopic (exact) mass is 392 g/mol. The van der Waals surface area contributed by atoms with Crippen LogP contribution in [0, 0.1) is 19.7 Å². The minimum Gasteiger partial charge on any atom is -0.381 e. The Kier molecular flexibility index (Phi) is 6.13. The fraction of sp³-hybridized carbons (Fsp3) is 0.524. The average molecular weight is 392 g/mol. The van der Waals surface area contributed by atoms with Crippen LogP contribution in [0.4, 0.5) is 8.78 Å². The molecule has 0 bridgehead atoms. The SMILES string of the molecule is Cc1ccc(F)c([C@@H](C)[C@@H](F)Cc2c(C)[nH]c(=O)n(C3CCOCC3)c2=O)c1. The number of aromatic amines is 1. The Morgan fingerprint density at radius 2 is 1.93 bits per heavy atom. The molecule has 28 heavy (non-hydrogen) atoms. The third-order valence-corrected chi connectivity index (χ3v) is 5.58. The maximum atomic E-state index is 15.1. The van der Waals surface area contributed by atoms with Gasteiger partial charge in [0.25, 0.3) is 5.56 Å². The highest BCUT2D eigenvalue weighted by Gasteiger charge is 2.26. The molecule has 1 aliphatic heterocycles. The van der Waals surface area contributed by atoms with Gasteiger partial charge in [-0.25, -0.2) is 13.6 Å². The van der Waals surface area contributed by atoms with E-state index in [0.29, 0.717) is 37.3 Å². The number of alkyl halides is 1. The lowest BCUT2D eigenvalue weighted by molar-refractivity contribution is 0.0672. The normalized spacial score (nSPS) is 17.5. The molecule has 3 rings (SSSR count). The summed E-state index contributed by atoms with van der Waals surface area (Å²) in [6.45, 7) is 5.99. The molecular weight excluding hydrogens is 366 g/mol. The molecule has 2 aromatic rings. The zero-order valence-corrected chi connectivity index (χ0v) is 16.4. The Bertz CT molecular complexity index is 961. The van der Waals surface area contributed by atoms with E-state index >= 15 is 4.39 Å². The molecule has 0 amide bonds. The second-order valence-corrected chi connectivity index (χ2v) is 7.59. The van der Waals surface area contributed by atoms with Gasteiger partial charge in [-0.3, -0.25) is 9.36 Å². The van der Waals surface area contributed by atoms with Gasteiger partial charge in [-0.1, -0.05) is 24.6 Å². The predicted molar refractivity (Wildman–Crippen MR) is 103 cm³/mol. The molecule has 0 unspecified atom stereocenters. The second-order valence-electron chi connectivity index (χ2n) is 7.59. The molecule has 0 radical (unpaired) electrons. The number of nitrogens with zero attached hydrogens (tertiary/aromatic N) is 1. The van der Waals surface area contributed by atoms with Gasteiger partial charge in [0.15, 0.2) is 0 Å². The summed E-state index contributed by atoms with van der Waals surface area (Å²) in [7, 11) is 0. The molecule has 5 nitrogen and oxygen atoms in total. The van der Waals surface area contributed by atoms with Gasteiger partial charge >= 0.3 is 5.69 Å². The number of aryl methyl sites for hydroxylation is 2. The van der Waals surface area contributed by atoms with Gasteiger partial charge < -0.3 is 9.72 Å². The van der Waals surface area contributed by atoms with E-state index in [0.717, 1.165) is 5.56 Å². The van der Waals surface area contributed by atoms with Crippen LogP contribution in [-0.4, -0.2) is 28.9 Å². The molecule has 2 heterocycles. The molecule has 1 aliphatic rings. The Morgan fingerprint density at radius 1 is 1.25 bits per heavy atom. The minimum absolute atomic E-state index is 0.181. The van der Waals surface area contributed by atoms with E-state index < -0.39 is 29.2 Å². The van der Waals surface area contributed by atoms with Crippen LogP contribution in [0.3, 0.4) is 0 Å². The van der Waals surface area contributed by atoms with E-state index in [-0.39, 0.29) is 18.0 Å². The van der Waals surface area contributed by atoms with E-state index in [4.69, 9.17) is 4.74 Å². The van der Waals surface area contributed by atoms with Gasteiger partial charge in [-0.15, -0.1) is 0 Å². The van der Waals surface area contributed by atoms with Gasteiger partial charge in [0.05, 0.1) is 0 Å². The number of benzene rings is 1. The number of rotatable bonds is 5. The van der Waals surface area contributed by atoms with Crippen LogP contribution in [0.1, 0.15) is 54.1 Å². The number of halogens is 2. The van der Waals surface area contributed by atoms with Crippen molar-refractivity contribution in [3.8, 4) is 0 Å². The highest BCUT2D eigenvalue weighted by atomic mass is 19.1. The quantitative estimate of drug-likeness (QED) is 0.849. The van der Waals surface area contributed by atoms with Crippen LogP contribution < -0.4 is 11.2 Å². The topological polar surface area (TPSA) is 64.1 Å². The van der Waals surface area contributed by atoms with Crippen LogP contribution >= 0.6 is 0 Å². The van der Waals surface area contributed by atoms with Crippen molar-refractivity contribution in [3.63, 3.8) is 0 Å². The lowest BCUT2D eigenvalue weighted by atomic mass is 9.91. The van der Waals surface area contributed by atoms with Crippen molar-refractivity contribution in [1.82, 2.24) is 9.55 Å². The number of aromatic nitrogens is 2. The zero-order valence-electron chi connectivity index (χ0n) is 16.4. The summed E-state index contributed by atoms with van der Waals surface area (Å²) in [5.74, 6) is -1.18. The first-order chi connectivity index (χ1) is 13.3. The van der Waals surface area contributed by atoms with Crippen molar-refractivity contribution in [1.29, 1.82) is 0 Å². The summed E-state index contributed by atoms with van der Waals surface area (Å²) in [6.07, 6.45) is -0.513. The molecule has 0 spiro atoms. The third kappa shape index (κ3) is 4.09. The number of nitrogens with one attached hydrogen (secondary N) is 1. The van der Waals surface area contributed by atoms with Crippen LogP contribution in [0.5, 0.6) is 0 Å². The Hall–Kier alpha value is -2.28. The van der Waals surface area contributed by atoms with E-state index in [1.165, 1.54) is 10.6 Å². The van der Waals surface area contributed by atoms with Crippen LogP contribution in [0.15, 0.2) is 27.8 Å². The fourth-order valence-electron chi connectivity index (χ4n) is 3.79. The van der Waals surface area contributed by atoms with Crippen LogP contribution in [0.2, 0.25) is 0 Å². The first kappa shape index (κ1) is 20.5. The third-order valence-electron chi connectivity index (χ3n) is 5.58. The van der Waals surface area contributed by atoms with E-state index in [2.05, 4.69) is 4.98 Å². The Morgan fingerprint density at radius 3 is 2.61 bits per heavy atom. The van der Waals surface area contributed by atoms with E-state index in [1.807, 2.05) is 6.92 Å². The maximum absolute atomic E-state index is 15.1. The molecule has 1 aromatic heterocycles. The summed E-state index contributed by atoms with van der Waals surface area (Å²) in [4.78, 5) is 28.0. The van der Waals surface area contributed by atoms with Gasteiger partial charge in [-0.05, 0) is 38.3 Å². The summed E-state index contributed by atoms with van der Waals surface area (Å²) in [5.41, 5.74) is 0.785. The van der Waals surface area contributed by atoms with E-state index in [1.54, 1.807) is 26.0 Å². The van der Waals surface area contributed by atoms with Crippen molar-refractivity contribution in [3.05, 3.63) is 67.2 Å². The summed E-state index contributed by atoms with van der Waals surface area (Å²) in [6, 6.07) is 4.34. The smallest absolute Gasteiger partial charge is 0.328 e. The van der Waals surface area contributed by atoms with Gasteiger partial charge in [0, 0.05) is 42.9 Å². The van der Waals surface area contributed by atoms with Gasteiger partial charge in [-0.2, -0.15) is 0 Å². The van der Waals surface area contributed by atoms with Gasteiger partial charge in [0.2, 0.25) is 0 Å². The molecule has 1 saturated heterocycles. The van der Waals surface area contributed by atoms with Crippen molar-refractivity contribution < 1.29 is 13.5 Å². The number of ether oxygens (including phenoxy) is 1. The molecule has 7 heteroatoms. The first-order valence-corrected chi connectivity index (χ1v) is 9.61. The van der Waals surface area contributed by atoms with Crippen LogP contribution in [-0.2, 0) is 11.2 Å². The second kappa shape index (κ2) is 8.39. The van der Waals surface area contributed by atoms with Crippen molar-refractivity contribution in [2.24, 2.45) is 0 Å². The van der Waals surface area contributed by atoms with Crippen LogP contribution in [0.25, 0.3) is 0 Å². The lowest BCUT2D eigenvalue weighted by Crippen LogP contribution is -2.43.